The number of ether oxygens (including phenoxy) is 1. The molecule has 0 spiro atoms. The summed E-state index contributed by atoms with van der Waals surface area (Å²) in [6, 6.07) is 0. The normalized spacial score (nSPS) is 11.4. The molecule has 0 atom stereocenters. The van der Waals surface area contributed by atoms with Gasteiger partial charge in [-0.3, -0.25) is 4.79 Å². The van der Waals surface area contributed by atoms with Gasteiger partial charge in [-0.25, -0.2) is 0 Å². The summed E-state index contributed by atoms with van der Waals surface area (Å²) >= 11 is 0. The van der Waals surface area contributed by atoms with Crippen LogP contribution in [0.25, 0.3) is 0 Å². The summed E-state index contributed by atoms with van der Waals surface area (Å²) in [5.74, 6) is -0.308. The smallest absolute Gasteiger partial charge is 0.313 e. The first-order valence-corrected chi connectivity index (χ1v) is 7.57. The fourth-order valence-corrected chi connectivity index (χ4v) is 4.26. The summed E-state index contributed by atoms with van der Waals surface area (Å²) < 4.78 is 17.0. The van der Waals surface area contributed by atoms with E-state index in [2.05, 4.69) is 0 Å². The lowest BCUT2D eigenvalue weighted by Crippen LogP contribution is -2.13. The van der Waals surface area contributed by atoms with Crippen molar-refractivity contribution in [2.75, 3.05) is 25.1 Å². The van der Waals surface area contributed by atoms with Crippen LogP contribution in [0, 0.1) is 0 Å². The molecule has 0 aromatic rings. The third-order valence-electron chi connectivity index (χ3n) is 1.98. The average Bonchev–Trinajstić information content (AvgIpc) is 2.04. The first-order chi connectivity index (χ1) is 6.58. The largest absolute Gasteiger partial charge is 0.466 e. The maximum absolute atomic E-state index is 12.2. The molecule has 0 amide bonds. The fraction of sp³-hybridized carbons (Fsp3) is 0.900. The molecule has 0 radical (unpaired) electrons. The van der Waals surface area contributed by atoms with Crippen LogP contribution in [0.15, 0.2) is 0 Å². The molecule has 0 aliphatic carbocycles. The highest BCUT2D eigenvalue weighted by atomic mass is 31.2. The predicted octanol–water partition coefficient (Wildman–Crippen LogP) is 2.73. The molecule has 14 heavy (non-hydrogen) atoms. The Kier molecular flexibility index (Phi) is 6.90. The van der Waals surface area contributed by atoms with Crippen LogP contribution in [0.4, 0.5) is 0 Å². The molecule has 84 valence electrons. The summed E-state index contributed by atoms with van der Waals surface area (Å²) in [4.78, 5) is 11.2. The minimum Gasteiger partial charge on any atom is -0.466 e. The summed E-state index contributed by atoms with van der Waals surface area (Å²) in [5.41, 5.74) is 0. The highest BCUT2D eigenvalue weighted by Crippen LogP contribution is 2.46. The number of rotatable bonds is 7. The van der Waals surface area contributed by atoms with Crippen LogP contribution in [0.2, 0.25) is 0 Å². The third-order valence-corrected chi connectivity index (χ3v) is 5.34. The third kappa shape index (κ3) is 5.43. The van der Waals surface area contributed by atoms with E-state index >= 15 is 0 Å². The Bertz CT molecular complexity index is 203. The maximum Gasteiger partial charge on any atom is 0.313 e. The minimum atomic E-state index is -2.28. The second kappa shape index (κ2) is 7.05. The molecular formula is C10H21O3P. The Morgan fingerprint density at radius 2 is 1.64 bits per heavy atom. The minimum absolute atomic E-state index is 0.127. The van der Waals surface area contributed by atoms with Crippen LogP contribution in [-0.2, 0) is 14.1 Å². The second-order valence-electron chi connectivity index (χ2n) is 3.47. The number of carbonyl (C=O) groups excluding carboxylic acids is 1. The number of esters is 1. The van der Waals surface area contributed by atoms with Crippen LogP contribution < -0.4 is 0 Å². The lowest BCUT2D eigenvalue weighted by Gasteiger charge is -2.15. The Labute approximate surface area is 86.6 Å². The van der Waals surface area contributed by atoms with Crippen molar-refractivity contribution >= 4 is 13.1 Å². The Morgan fingerprint density at radius 1 is 1.14 bits per heavy atom. The Hall–Kier alpha value is -0.300. The van der Waals surface area contributed by atoms with Gasteiger partial charge in [-0.1, -0.05) is 13.8 Å². The van der Waals surface area contributed by atoms with Gasteiger partial charge in [0.05, 0.1) is 19.9 Å². The van der Waals surface area contributed by atoms with Crippen molar-refractivity contribution in [3.63, 3.8) is 0 Å². The molecule has 3 nitrogen and oxygen atoms in total. The van der Waals surface area contributed by atoms with Gasteiger partial charge in [-0.15, -0.1) is 0 Å². The van der Waals surface area contributed by atoms with Crippen LogP contribution in [0.5, 0.6) is 0 Å². The summed E-state index contributed by atoms with van der Waals surface area (Å²) in [6.45, 7) is 6.13. The Morgan fingerprint density at radius 3 is 2.00 bits per heavy atom. The summed E-state index contributed by atoms with van der Waals surface area (Å²) in [5, 5.41) is 0. The first kappa shape index (κ1) is 13.7. The SMILES string of the molecule is CCCP(=O)(CCC)CC(=O)OCC. The van der Waals surface area contributed by atoms with Crippen molar-refractivity contribution in [1.29, 1.82) is 0 Å². The Balaban J connectivity index is 4.21. The number of hydrogen-bond acceptors (Lipinski definition) is 3. The zero-order valence-corrected chi connectivity index (χ0v) is 10.3. The quantitative estimate of drug-likeness (QED) is 0.489. The van der Waals surface area contributed by atoms with E-state index in [4.69, 9.17) is 4.74 Å². The molecule has 0 saturated heterocycles. The molecule has 0 fully saturated rings. The monoisotopic (exact) mass is 220 g/mol. The van der Waals surface area contributed by atoms with E-state index in [1.807, 2.05) is 13.8 Å². The van der Waals surface area contributed by atoms with Gasteiger partial charge in [0.2, 0.25) is 0 Å². The van der Waals surface area contributed by atoms with E-state index in [0.717, 1.165) is 12.8 Å². The van der Waals surface area contributed by atoms with E-state index < -0.39 is 7.14 Å². The van der Waals surface area contributed by atoms with Crippen molar-refractivity contribution in [2.45, 2.75) is 33.6 Å². The van der Waals surface area contributed by atoms with Gasteiger partial charge in [-0.05, 0) is 19.8 Å². The van der Waals surface area contributed by atoms with Gasteiger partial charge in [-0.2, -0.15) is 0 Å². The molecular weight excluding hydrogens is 199 g/mol. The van der Waals surface area contributed by atoms with Crippen molar-refractivity contribution < 1.29 is 14.1 Å². The average molecular weight is 220 g/mol. The predicted molar refractivity (Wildman–Crippen MR) is 59.4 cm³/mol. The van der Waals surface area contributed by atoms with Crippen LogP contribution in [0.1, 0.15) is 33.6 Å². The molecule has 0 aliphatic rings. The summed E-state index contributed by atoms with van der Waals surface area (Å²) in [7, 11) is -2.28. The lowest BCUT2D eigenvalue weighted by atomic mass is 10.6. The molecule has 0 saturated carbocycles. The van der Waals surface area contributed by atoms with Gasteiger partial charge in [0.25, 0.3) is 0 Å². The molecule has 0 aromatic carbocycles. The summed E-state index contributed by atoms with van der Waals surface area (Å²) in [6.07, 6.45) is 3.20. The van der Waals surface area contributed by atoms with E-state index in [1.54, 1.807) is 6.92 Å². The van der Waals surface area contributed by atoms with E-state index in [0.29, 0.717) is 18.9 Å². The molecule has 0 N–H and O–H groups in total. The highest BCUT2D eigenvalue weighted by molar-refractivity contribution is 7.64. The second-order valence-corrected chi connectivity index (χ2v) is 6.80. The van der Waals surface area contributed by atoms with Crippen molar-refractivity contribution in [3.8, 4) is 0 Å². The molecule has 0 unspecified atom stereocenters. The van der Waals surface area contributed by atoms with Crippen LogP contribution in [0.3, 0.4) is 0 Å². The molecule has 4 heteroatoms. The molecule has 0 bridgehead atoms. The van der Waals surface area contributed by atoms with Gasteiger partial charge < -0.3 is 9.30 Å². The molecule has 0 rings (SSSR count). The van der Waals surface area contributed by atoms with Crippen molar-refractivity contribution in [3.05, 3.63) is 0 Å². The van der Waals surface area contributed by atoms with Crippen molar-refractivity contribution in [1.82, 2.24) is 0 Å². The van der Waals surface area contributed by atoms with Gasteiger partial charge in [0.1, 0.15) is 0 Å². The lowest BCUT2D eigenvalue weighted by molar-refractivity contribution is -0.140. The maximum atomic E-state index is 12.2. The number of hydrogen-bond donors (Lipinski definition) is 0. The van der Waals surface area contributed by atoms with Crippen LogP contribution >= 0.6 is 7.14 Å². The van der Waals surface area contributed by atoms with E-state index in [9.17, 15) is 9.36 Å². The van der Waals surface area contributed by atoms with Crippen molar-refractivity contribution in [2.24, 2.45) is 0 Å². The molecule has 0 heterocycles. The standard InChI is InChI=1S/C10H21O3P/c1-4-7-14(12,8-5-2)9-10(11)13-6-3/h4-9H2,1-3H3. The topological polar surface area (TPSA) is 43.4 Å². The first-order valence-electron chi connectivity index (χ1n) is 5.30. The zero-order chi connectivity index (χ0) is 11.0. The van der Waals surface area contributed by atoms with E-state index in [1.165, 1.54) is 0 Å². The molecule has 0 aromatic heterocycles. The van der Waals surface area contributed by atoms with Crippen LogP contribution in [-0.4, -0.2) is 31.1 Å². The fourth-order valence-electron chi connectivity index (χ4n) is 1.53. The van der Waals surface area contributed by atoms with E-state index in [-0.39, 0.29) is 12.1 Å². The highest BCUT2D eigenvalue weighted by Gasteiger charge is 2.24. The molecule has 0 aliphatic heterocycles. The van der Waals surface area contributed by atoms with Gasteiger partial charge in [0.15, 0.2) is 0 Å². The zero-order valence-electron chi connectivity index (χ0n) is 9.41. The van der Waals surface area contributed by atoms with Gasteiger partial charge >= 0.3 is 5.97 Å². The number of carbonyl (C=O) groups is 1. The van der Waals surface area contributed by atoms with Gasteiger partial charge in [0, 0.05) is 12.3 Å².